The summed E-state index contributed by atoms with van der Waals surface area (Å²) < 4.78 is 28.2. The highest BCUT2D eigenvalue weighted by atomic mass is 32.2. The number of aromatic nitrogens is 4. The molecular weight excluding hydrogens is 474 g/mol. The van der Waals surface area contributed by atoms with Gasteiger partial charge in [0.15, 0.2) is 0 Å². The molecule has 0 unspecified atom stereocenters. The summed E-state index contributed by atoms with van der Waals surface area (Å²) in [5.41, 5.74) is 4.46. The summed E-state index contributed by atoms with van der Waals surface area (Å²) in [6.45, 7) is 3.99. The third-order valence-electron chi connectivity index (χ3n) is 7.82. The molecule has 1 spiro atoms. The fourth-order valence-corrected chi connectivity index (χ4v) is 6.07. The number of rotatable bonds is 6. The van der Waals surface area contributed by atoms with Crippen LogP contribution in [0.5, 0.6) is 0 Å². The Morgan fingerprint density at radius 3 is 2.36 bits per heavy atom. The summed E-state index contributed by atoms with van der Waals surface area (Å²) in [7, 11) is -3.37. The van der Waals surface area contributed by atoms with Crippen molar-refractivity contribution < 1.29 is 8.42 Å². The molecule has 190 valence electrons. The molecule has 1 aliphatic carbocycles. The normalized spacial score (nSPS) is 19.5. The topological polar surface area (TPSA) is 96.2 Å². The first-order valence-corrected chi connectivity index (χ1v) is 14.8. The highest BCUT2D eigenvalue weighted by Crippen LogP contribution is 2.54. The second-order valence-corrected chi connectivity index (χ2v) is 12.3. The molecule has 1 N–H and O–H groups in total. The van der Waals surface area contributed by atoms with E-state index in [1.807, 2.05) is 30.5 Å². The first-order valence-electron chi connectivity index (χ1n) is 12.9. The average molecular weight is 508 g/mol. The minimum Gasteiger partial charge on any atom is -0.370 e. The number of benzene rings is 1. The summed E-state index contributed by atoms with van der Waals surface area (Å²) in [6, 6.07) is 11.7. The molecule has 4 heterocycles. The molecule has 0 bridgehead atoms. The van der Waals surface area contributed by atoms with E-state index in [0.29, 0.717) is 16.8 Å². The van der Waals surface area contributed by atoms with E-state index >= 15 is 0 Å². The van der Waals surface area contributed by atoms with Crippen LogP contribution < -0.4 is 14.5 Å². The minimum absolute atomic E-state index is 0.546. The van der Waals surface area contributed by atoms with Crippen LogP contribution in [-0.2, 0) is 10.0 Å². The van der Waals surface area contributed by atoms with Gasteiger partial charge in [-0.1, -0.05) is 11.3 Å². The zero-order chi connectivity index (χ0) is 24.8. The van der Waals surface area contributed by atoms with Gasteiger partial charge in [-0.2, -0.15) is 0 Å². The maximum Gasteiger partial charge on any atom is 0.229 e. The second-order valence-electron chi connectivity index (χ2n) is 10.5. The van der Waals surface area contributed by atoms with Crippen molar-refractivity contribution in [3.8, 4) is 17.1 Å². The first kappa shape index (κ1) is 23.3. The van der Waals surface area contributed by atoms with Gasteiger partial charge in [0.05, 0.1) is 35.2 Å². The van der Waals surface area contributed by atoms with Gasteiger partial charge in [-0.15, -0.1) is 5.10 Å². The molecule has 0 amide bonds. The quantitative estimate of drug-likeness (QED) is 0.537. The number of pyridine rings is 1. The number of piperidine rings is 2. The molecule has 3 fully saturated rings. The van der Waals surface area contributed by atoms with Gasteiger partial charge in [-0.25, -0.2) is 18.1 Å². The number of hydrogen-bond donors (Lipinski definition) is 1. The Hall–Kier alpha value is -3.14. The SMILES string of the molecule is CS(=O)(=O)Nc1ccc(-n2cc(-c3cccc(N4CCCCC4)n3)nn2)c(N2CCC3(CC2)CC3)c1. The van der Waals surface area contributed by atoms with Gasteiger partial charge in [0.25, 0.3) is 0 Å². The van der Waals surface area contributed by atoms with Crippen molar-refractivity contribution in [3.05, 3.63) is 42.6 Å². The Morgan fingerprint density at radius 1 is 0.861 bits per heavy atom. The molecule has 36 heavy (non-hydrogen) atoms. The summed E-state index contributed by atoms with van der Waals surface area (Å²) >= 11 is 0. The van der Waals surface area contributed by atoms with Crippen LogP contribution in [0.4, 0.5) is 17.2 Å². The lowest BCUT2D eigenvalue weighted by Crippen LogP contribution is -2.35. The van der Waals surface area contributed by atoms with Crippen molar-refractivity contribution in [2.24, 2.45) is 5.41 Å². The summed E-state index contributed by atoms with van der Waals surface area (Å²) in [6.07, 6.45) is 11.8. The lowest BCUT2D eigenvalue weighted by Gasteiger charge is -2.35. The fraction of sp³-hybridized carbons (Fsp3) is 0.500. The second kappa shape index (κ2) is 9.06. The molecule has 3 aliphatic rings. The predicted molar refractivity (Wildman–Crippen MR) is 142 cm³/mol. The average Bonchev–Trinajstić information content (AvgIpc) is 3.44. The van der Waals surface area contributed by atoms with Crippen LogP contribution in [0.15, 0.2) is 42.6 Å². The Morgan fingerprint density at radius 2 is 1.64 bits per heavy atom. The molecular formula is C26H33N7O2S. The van der Waals surface area contributed by atoms with Crippen LogP contribution in [0.1, 0.15) is 44.9 Å². The lowest BCUT2D eigenvalue weighted by molar-refractivity contribution is 0.384. The zero-order valence-electron chi connectivity index (χ0n) is 20.7. The summed E-state index contributed by atoms with van der Waals surface area (Å²) in [5.74, 6) is 0.987. The van der Waals surface area contributed by atoms with Gasteiger partial charge in [0.2, 0.25) is 10.0 Å². The minimum atomic E-state index is -3.37. The maximum absolute atomic E-state index is 11.9. The third kappa shape index (κ3) is 4.91. The van der Waals surface area contributed by atoms with E-state index in [9.17, 15) is 8.42 Å². The van der Waals surface area contributed by atoms with E-state index in [-0.39, 0.29) is 0 Å². The zero-order valence-corrected chi connectivity index (χ0v) is 21.5. The standard InChI is InChI=1S/C26H33N7O2S/c1-36(34,35)29-20-8-9-23(24(18-20)31-16-12-26(10-11-26)13-17-31)33-19-22(28-30-33)21-6-5-7-25(27-21)32-14-3-2-4-15-32/h5-9,18-19,29H,2-4,10-17H2,1H3. The molecule has 6 rings (SSSR count). The van der Waals surface area contributed by atoms with Crippen molar-refractivity contribution in [2.45, 2.75) is 44.9 Å². The monoisotopic (exact) mass is 507 g/mol. The van der Waals surface area contributed by atoms with E-state index in [2.05, 4.69) is 30.9 Å². The van der Waals surface area contributed by atoms with E-state index in [4.69, 9.17) is 4.98 Å². The third-order valence-corrected chi connectivity index (χ3v) is 8.42. The van der Waals surface area contributed by atoms with Crippen LogP contribution in [0.2, 0.25) is 0 Å². The molecule has 2 aromatic heterocycles. The number of nitrogens with one attached hydrogen (secondary N) is 1. The Kier molecular flexibility index (Phi) is 5.86. The van der Waals surface area contributed by atoms with Gasteiger partial charge in [0, 0.05) is 26.2 Å². The van der Waals surface area contributed by atoms with Crippen molar-refractivity contribution in [3.63, 3.8) is 0 Å². The number of sulfonamides is 1. The molecule has 1 saturated carbocycles. The number of nitrogens with zero attached hydrogens (tertiary/aromatic N) is 6. The van der Waals surface area contributed by atoms with E-state index < -0.39 is 10.0 Å². The van der Waals surface area contributed by atoms with Gasteiger partial charge >= 0.3 is 0 Å². The lowest BCUT2D eigenvalue weighted by atomic mass is 9.93. The van der Waals surface area contributed by atoms with Crippen LogP contribution in [-0.4, -0.2) is 60.8 Å². The molecule has 9 nitrogen and oxygen atoms in total. The van der Waals surface area contributed by atoms with Crippen molar-refractivity contribution >= 4 is 27.2 Å². The van der Waals surface area contributed by atoms with Gasteiger partial charge < -0.3 is 9.80 Å². The maximum atomic E-state index is 11.9. The highest BCUT2D eigenvalue weighted by Gasteiger charge is 2.44. The first-order chi connectivity index (χ1) is 17.4. The highest BCUT2D eigenvalue weighted by molar-refractivity contribution is 7.92. The number of anilines is 3. The predicted octanol–water partition coefficient (Wildman–Crippen LogP) is 4.07. The molecule has 2 saturated heterocycles. The van der Waals surface area contributed by atoms with E-state index in [1.54, 1.807) is 10.7 Å². The Bertz CT molecular complexity index is 1350. The molecule has 0 radical (unpaired) electrons. The van der Waals surface area contributed by atoms with Crippen molar-refractivity contribution in [1.82, 2.24) is 20.0 Å². The smallest absolute Gasteiger partial charge is 0.229 e. The van der Waals surface area contributed by atoms with Gasteiger partial charge in [0.1, 0.15) is 11.5 Å². The molecule has 1 aromatic carbocycles. The molecule has 2 aliphatic heterocycles. The molecule has 0 atom stereocenters. The number of hydrogen-bond acceptors (Lipinski definition) is 7. The van der Waals surface area contributed by atoms with Crippen LogP contribution >= 0.6 is 0 Å². The van der Waals surface area contributed by atoms with E-state index in [0.717, 1.165) is 49.1 Å². The Labute approximate surface area is 212 Å². The van der Waals surface area contributed by atoms with Crippen LogP contribution in [0.25, 0.3) is 17.1 Å². The molecule has 3 aromatic rings. The fourth-order valence-electron chi connectivity index (χ4n) is 5.51. The van der Waals surface area contributed by atoms with E-state index in [1.165, 1.54) is 51.2 Å². The van der Waals surface area contributed by atoms with Crippen LogP contribution in [0.3, 0.4) is 0 Å². The summed E-state index contributed by atoms with van der Waals surface area (Å²) in [5, 5.41) is 8.91. The largest absolute Gasteiger partial charge is 0.370 e. The van der Waals surface area contributed by atoms with Crippen molar-refractivity contribution in [1.29, 1.82) is 0 Å². The summed E-state index contributed by atoms with van der Waals surface area (Å²) in [4.78, 5) is 9.58. The Balaban J connectivity index is 1.31. The van der Waals surface area contributed by atoms with Gasteiger partial charge in [-0.05, 0) is 80.7 Å². The van der Waals surface area contributed by atoms with Crippen LogP contribution in [0, 0.1) is 5.41 Å². The van der Waals surface area contributed by atoms with Gasteiger partial charge in [-0.3, -0.25) is 4.72 Å². The molecule has 10 heteroatoms. The van der Waals surface area contributed by atoms with Crippen molar-refractivity contribution in [2.75, 3.05) is 47.0 Å².